The third-order valence-electron chi connectivity index (χ3n) is 7.49. The predicted octanol–water partition coefficient (Wildman–Crippen LogP) is 7.07. The van der Waals surface area contributed by atoms with E-state index in [1.165, 1.54) is 0 Å². The molecule has 3 rings (SSSR count). The summed E-state index contributed by atoms with van der Waals surface area (Å²) < 4.78 is 12.2. The van der Waals surface area contributed by atoms with Crippen LogP contribution in [-0.2, 0) is 16.0 Å². The summed E-state index contributed by atoms with van der Waals surface area (Å²) in [5, 5.41) is 12.1. The molecule has 3 atom stereocenters. The maximum atomic E-state index is 13.3. The van der Waals surface area contributed by atoms with Crippen molar-refractivity contribution in [1.29, 1.82) is 0 Å². The number of rotatable bonds is 12. The summed E-state index contributed by atoms with van der Waals surface area (Å²) in [5.74, 6) is 0.824. The van der Waals surface area contributed by atoms with Crippen LogP contribution in [0.3, 0.4) is 0 Å². The first kappa shape index (κ1) is 31.7. The van der Waals surface area contributed by atoms with E-state index in [0.717, 1.165) is 61.2 Å². The van der Waals surface area contributed by atoms with Gasteiger partial charge < -0.3 is 19.9 Å². The zero-order chi connectivity index (χ0) is 29.6. The van der Waals surface area contributed by atoms with E-state index >= 15 is 0 Å². The van der Waals surface area contributed by atoms with Gasteiger partial charge in [-0.05, 0) is 81.9 Å². The van der Waals surface area contributed by atoms with E-state index < -0.39 is 5.97 Å². The molecule has 1 aliphatic carbocycles. The number of nitrogens with zero attached hydrogens (tertiary/aromatic N) is 2. The number of carboxylic acid groups (broad SMARTS) is 1. The van der Waals surface area contributed by atoms with E-state index in [4.69, 9.17) is 14.6 Å². The lowest BCUT2D eigenvalue weighted by Crippen LogP contribution is -2.46. The van der Waals surface area contributed by atoms with Crippen LogP contribution < -0.4 is 10.1 Å². The lowest BCUT2D eigenvalue weighted by atomic mass is 9.97. The first-order valence-electron chi connectivity index (χ1n) is 14.8. The Bertz CT molecular complexity index is 1150. The van der Waals surface area contributed by atoms with Crippen molar-refractivity contribution in [3.05, 3.63) is 84.1 Å². The molecule has 1 aliphatic heterocycles. The topological polar surface area (TPSA) is 101 Å². The van der Waals surface area contributed by atoms with Crippen LogP contribution in [0.2, 0.25) is 0 Å². The summed E-state index contributed by atoms with van der Waals surface area (Å²) in [6.45, 7) is 10.1. The fourth-order valence-corrected chi connectivity index (χ4v) is 5.15. The molecular weight excluding hydrogens is 518 g/mol. The molecule has 2 amide bonds. The standard InChI is InChI=1S/C33H45N3O5/c1-5-8-9-14-27(6-2)35-33(39)36-23-28(7-3)40-24(4)30(36)16-11-13-26-18-20-31(34-22-26)41-29-15-10-12-25(17-19-29)21-32(37)38/h5,8-9,11,14,16,18,20,22,25,28-29H,1,6-7,10,12-13,15,17,19,21,23H2,2-4H3,(H,35,39)(H,37,38)/b9-8-,16-11-,27-14+. The van der Waals surface area contributed by atoms with Gasteiger partial charge in [0.05, 0.1) is 12.2 Å². The molecule has 1 aromatic heterocycles. The number of allylic oxidation sites excluding steroid dienone is 8. The van der Waals surface area contributed by atoms with Crippen LogP contribution in [0.1, 0.15) is 77.7 Å². The third-order valence-corrected chi connectivity index (χ3v) is 7.49. The fourth-order valence-electron chi connectivity index (χ4n) is 5.15. The molecule has 0 radical (unpaired) electrons. The van der Waals surface area contributed by atoms with Gasteiger partial charge in [0.1, 0.15) is 18.0 Å². The Kier molecular flexibility index (Phi) is 12.7. The molecule has 0 aromatic carbocycles. The van der Waals surface area contributed by atoms with Crippen molar-refractivity contribution in [2.45, 2.75) is 90.8 Å². The Hall–Kier alpha value is -3.81. The van der Waals surface area contributed by atoms with Gasteiger partial charge in [-0.1, -0.05) is 50.8 Å². The number of carboxylic acids is 1. The highest BCUT2D eigenvalue weighted by Gasteiger charge is 2.28. The highest BCUT2D eigenvalue weighted by atomic mass is 16.5. The number of hydrogen-bond donors (Lipinski definition) is 2. The number of nitrogens with one attached hydrogen (secondary N) is 1. The van der Waals surface area contributed by atoms with E-state index in [2.05, 4.69) is 23.8 Å². The van der Waals surface area contributed by atoms with Gasteiger partial charge in [0.2, 0.25) is 5.88 Å². The quantitative estimate of drug-likeness (QED) is 0.208. The Balaban J connectivity index is 1.61. The molecule has 2 aliphatic rings. The Morgan fingerprint density at radius 1 is 1.22 bits per heavy atom. The second-order valence-corrected chi connectivity index (χ2v) is 10.6. The molecule has 41 heavy (non-hydrogen) atoms. The van der Waals surface area contributed by atoms with Gasteiger partial charge in [0.25, 0.3) is 0 Å². The molecule has 1 fully saturated rings. The second-order valence-electron chi connectivity index (χ2n) is 10.6. The molecule has 8 nitrogen and oxygen atoms in total. The molecule has 1 saturated carbocycles. The van der Waals surface area contributed by atoms with E-state index in [1.54, 1.807) is 11.0 Å². The van der Waals surface area contributed by atoms with Crippen molar-refractivity contribution in [1.82, 2.24) is 15.2 Å². The van der Waals surface area contributed by atoms with Gasteiger partial charge in [0.15, 0.2) is 0 Å². The molecule has 8 heteroatoms. The molecule has 0 bridgehead atoms. The fraction of sp³-hybridized carbons (Fsp3) is 0.485. The zero-order valence-electron chi connectivity index (χ0n) is 24.7. The monoisotopic (exact) mass is 563 g/mol. The molecule has 2 N–H and O–H groups in total. The first-order valence-corrected chi connectivity index (χ1v) is 14.8. The van der Waals surface area contributed by atoms with Crippen LogP contribution in [0, 0.1) is 5.92 Å². The largest absolute Gasteiger partial charge is 0.491 e. The predicted molar refractivity (Wildman–Crippen MR) is 161 cm³/mol. The van der Waals surface area contributed by atoms with Gasteiger partial charge in [-0.2, -0.15) is 0 Å². The van der Waals surface area contributed by atoms with Crippen molar-refractivity contribution in [3.63, 3.8) is 0 Å². The molecule has 222 valence electrons. The summed E-state index contributed by atoms with van der Waals surface area (Å²) in [7, 11) is 0. The summed E-state index contributed by atoms with van der Waals surface area (Å²) in [5.41, 5.74) is 2.59. The van der Waals surface area contributed by atoms with Crippen LogP contribution >= 0.6 is 0 Å². The number of carbonyl (C=O) groups excluding carboxylic acids is 1. The highest BCUT2D eigenvalue weighted by Crippen LogP contribution is 2.28. The van der Waals surface area contributed by atoms with Crippen molar-refractivity contribution < 1.29 is 24.2 Å². The average Bonchev–Trinajstić information content (AvgIpc) is 3.18. The SMILES string of the molecule is C=C/C=C\C=C(/CC)NC(=O)N1CC(CC)OC(C)=C1/C=C\Cc1ccc(OC2CCCC(CC(=O)O)CC2)nc1. The number of hydrogen-bond acceptors (Lipinski definition) is 5. The average molecular weight is 564 g/mol. The lowest BCUT2D eigenvalue weighted by Gasteiger charge is -2.35. The maximum absolute atomic E-state index is 13.3. The maximum Gasteiger partial charge on any atom is 0.326 e. The van der Waals surface area contributed by atoms with Crippen molar-refractivity contribution in [3.8, 4) is 5.88 Å². The van der Waals surface area contributed by atoms with Crippen molar-refractivity contribution in [2.24, 2.45) is 5.92 Å². The molecule has 2 heterocycles. The summed E-state index contributed by atoms with van der Waals surface area (Å²) in [6, 6.07) is 3.71. The Labute approximate surface area is 244 Å². The normalized spacial score (nSPS) is 22.0. The van der Waals surface area contributed by atoms with E-state index in [9.17, 15) is 9.59 Å². The minimum atomic E-state index is -0.723. The molecule has 0 spiro atoms. The number of amides is 2. The number of aliphatic carboxylic acids is 1. The van der Waals surface area contributed by atoms with Crippen molar-refractivity contribution >= 4 is 12.0 Å². The second kappa shape index (κ2) is 16.5. The number of carbonyl (C=O) groups is 2. The first-order chi connectivity index (χ1) is 19.8. The minimum Gasteiger partial charge on any atom is -0.491 e. The zero-order valence-corrected chi connectivity index (χ0v) is 24.7. The lowest BCUT2D eigenvalue weighted by molar-refractivity contribution is -0.138. The van der Waals surface area contributed by atoms with Crippen LogP contribution in [0.25, 0.3) is 0 Å². The van der Waals surface area contributed by atoms with E-state index in [0.29, 0.717) is 25.3 Å². The molecular formula is C33H45N3O5. The van der Waals surface area contributed by atoms with Crippen LogP contribution in [0.4, 0.5) is 4.79 Å². The van der Waals surface area contributed by atoms with E-state index in [1.807, 2.05) is 62.6 Å². The number of pyridine rings is 1. The van der Waals surface area contributed by atoms with Crippen LogP contribution in [0.15, 0.2) is 78.5 Å². The third kappa shape index (κ3) is 10.3. The van der Waals surface area contributed by atoms with Crippen LogP contribution in [-0.4, -0.2) is 45.7 Å². The number of ether oxygens (including phenoxy) is 2. The Morgan fingerprint density at radius 2 is 2.05 bits per heavy atom. The van der Waals surface area contributed by atoms with E-state index in [-0.39, 0.29) is 30.6 Å². The number of aromatic nitrogens is 1. The van der Waals surface area contributed by atoms with Gasteiger partial charge in [-0.25, -0.2) is 9.78 Å². The molecule has 0 saturated heterocycles. The smallest absolute Gasteiger partial charge is 0.326 e. The van der Waals surface area contributed by atoms with Gasteiger partial charge in [0, 0.05) is 24.4 Å². The van der Waals surface area contributed by atoms with Crippen molar-refractivity contribution in [2.75, 3.05) is 6.54 Å². The summed E-state index contributed by atoms with van der Waals surface area (Å²) in [4.78, 5) is 30.6. The summed E-state index contributed by atoms with van der Waals surface area (Å²) >= 11 is 0. The summed E-state index contributed by atoms with van der Waals surface area (Å²) in [6.07, 6.45) is 20.0. The Morgan fingerprint density at radius 3 is 2.73 bits per heavy atom. The molecule has 1 aromatic rings. The minimum absolute atomic E-state index is 0.0547. The highest BCUT2D eigenvalue weighted by molar-refractivity contribution is 5.79. The van der Waals surface area contributed by atoms with Crippen LogP contribution in [0.5, 0.6) is 5.88 Å². The number of urea groups is 1. The van der Waals surface area contributed by atoms with Gasteiger partial charge in [-0.3, -0.25) is 9.69 Å². The van der Waals surface area contributed by atoms with Gasteiger partial charge >= 0.3 is 12.0 Å². The molecule has 3 unspecified atom stereocenters. The van der Waals surface area contributed by atoms with Gasteiger partial charge in [-0.15, -0.1) is 0 Å².